The molecule has 2 aromatic heterocycles. The van der Waals surface area contributed by atoms with Crippen molar-refractivity contribution in [3.8, 4) is 22.4 Å². The van der Waals surface area contributed by atoms with Gasteiger partial charge < -0.3 is 4.74 Å². The lowest BCUT2D eigenvalue weighted by Gasteiger charge is -2.35. The zero-order chi connectivity index (χ0) is 23.2. The molecule has 3 heterocycles. The molecule has 1 amide bonds. The van der Waals surface area contributed by atoms with Crippen molar-refractivity contribution in [3.63, 3.8) is 0 Å². The Balaban J connectivity index is 1.64. The molecule has 0 bridgehead atoms. The fourth-order valence-electron chi connectivity index (χ4n) is 4.40. The van der Waals surface area contributed by atoms with Gasteiger partial charge in [0, 0.05) is 23.5 Å². The molecule has 0 N–H and O–H groups in total. The molecule has 0 saturated heterocycles. The van der Waals surface area contributed by atoms with Gasteiger partial charge in [-0.25, -0.2) is 4.79 Å². The lowest BCUT2D eigenvalue weighted by Crippen LogP contribution is -2.47. The first kappa shape index (κ1) is 21.2. The summed E-state index contributed by atoms with van der Waals surface area (Å²) in [5.41, 5.74) is 4.51. The summed E-state index contributed by atoms with van der Waals surface area (Å²) in [5, 5.41) is 7.41. The van der Waals surface area contributed by atoms with Crippen LogP contribution in [0.5, 0.6) is 0 Å². The molecular formula is C27H28N4O2. The van der Waals surface area contributed by atoms with Crippen molar-refractivity contribution in [2.45, 2.75) is 52.4 Å². The van der Waals surface area contributed by atoms with Crippen molar-refractivity contribution in [3.05, 3.63) is 72.7 Å². The Kier molecular flexibility index (Phi) is 5.16. The highest BCUT2D eigenvalue weighted by atomic mass is 16.6. The van der Waals surface area contributed by atoms with Gasteiger partial charge in [-0.2, -0.15) is 5.10 Å². The number of carbonyl (C=O) groups is 1. The van der Waals surface area contributed by atoms with E-state index in [0.717, 1.165) is 28.1 Å². The second kappa shape index (κ2) is 8.03. The second-order valence-electron chi connectivity index (χ2n) is 9.61. The molecular weight excluding hydrogens is 412 g/mol. The van der Waals surface area contributed by atoms with E-state index in [1.54, 1.807) is 17.3 Å². The molecule has 0 spiro atoms. The Morgan fingerprint density at radius 2 is 1.73 bits per heavy atom. The van der Waals surface area contributed by atoms with E-state index in [1.165, 1.54) is 10.8 Å². The van der Waals surface area contributed by atoms with Crippen molar-refractivity contribution < 1.29 is 9.53 Å². The number of hydrogen-bond donors (Lipinski definition) is 0. The van der Waals surface area contributed by atoms with Gasteiger partial charge in [0.05, 0.1) is 24.8 Å². The van der Waals surface area contributed by atoms with Gasteiger partial charge in [0.25, 0.3) is 0 Å². The fourth-order valence-corrected chi connectivity index (χ4v) is 4.40. The third-order valence-corrected chi connectivity index (χ3v) is 5.97. The van der Waals surface area contributed by atoms with E-state index >= 15 is 0 Å². The van der Waals surface area contributed by atoms with E-state index in [2.05, 4.69) is 41.4 Å². The number of amides is 1. The fraction of sp³-hybridized carbons (Fsp3) is 0.296. The van der Waals surface area contributed by atoms with E-state index in [0.29, 0.717) is 13.1 Å². The van der Waals surface area contributed by atoms with E-state index in [9.17, 15) is 4.79 Å². The number of pyridine rings is 1. The van der Waals surface area contributed by atoms with Crippen LogP contribution in [0.25, 0.3) is 33.2 Å². The lowest BCUT2D eigenvalue weighted by atomic mass is 9.97. The summed E-state index contributed by atoms with van der Waals surface area (Å²) in [4.78, 5) is 19.0. The normalized spacial score (nSPS) is 16.0. The molecule has 6 nitrogen and oxygen atoms in total. The maximum atomic E-state index is 13.0. The molecule has 168 valence electrons. The monoisotopic (exact) mass is 440 g/mol. The number of aromatic nitrogens is 3. The summed E-state index contributed by atoms with van der Waals surface area (Å²) in [5.74, 6) is 0. The Labute approximate surface area is 193 Å². The quantitative estimate of drug-likeness (QED) is 0.389. The molecule has 0 aliphatic carbocycles. The molecule has 5 rings (SSSR count). The number of rotatable bonds is 2. The van der Waals surface area contributed by atoms with Crippen LogP contribution < -0.4 is 0 Å². The minimum Gasteiger partial charge on any atom is -0.444 e. The van der Waals surface area contributed by atoms with Gasteiger partial charge in [0.2, 0.25) is 0 Å². The average molecular weight is 441 g/mol. The maximum Gasteiger partial charge on any atom is 0.410 e. The smallest absolute Gasteiger partial charge is 0.410 e. The molecule has 6 heteroatoms. The third kappa shape index (κ3) is 4.09. The second-order valence-corrected chi connectivity index (χ2v) is 9.61. The van der Waals surface area contributed by atoms with Crippen LogP contribution in [-0.2, 0) is 17.8 Å². The molecule has 4 aromatic rings. The van der Waals surface area contributed by atoms with E-state index in [1.807, 2.05) is 50.6 Å². The largest absolute Gasteiger partial charge is 0.444 e. The molecule has 0 saturated carbocycles. The molecule has 1 aliphatic heterocycles. The maximum absolute atomic E-state index is 13.0. The summed E-state index contributed by atoms with van der Waals surface area (Å²) >= 11 is 0. The Bertz CT molecular complexity index is 1320. The first-order valence-corrected chi connectivity index (χ1v) is 11.3. The van der Waals surface area contributed by atoms with Crippen LogP contribution in [0.1, 0.15) is 33.4 Å². The van der Waals surface area contributed by atoms with Crippen LogP contribution in [0, 0.1) is 0 Å². The molecule has 2 aromatic carbocycles. The molecule has 1 atom stereocenters. The summed E-state index contributed by atoms with van der Waals surface area (Å²) in [7, 11) is 0. The van der Waals surface area contributed by atoms with Crippen LogP contribution in [0.3, 0.4) is 0 Å². The predicted octanol–water partition coefficient (Wildman–Crippen LogP) is 5.90. The minimum absolute atomic E-state index is 0.0259. The highest BCUT2D eigenvalue weighted by Gasteiger charge is 2.34. The standard InChI is InChI=1S/C27H28N4O2/c1-18-16-31-23(17-30(18)26(32)33-27(2,3)4)24(20-11-13-28-14-12-20)25(29-31)22-10-9-19-7-5-6-8-21(19)15-22/h5-15,18H,16-17H2,1-4H3/t18-/m1/s1. The van der Waals surface area contributed by atoms with Crippen LogP contribution in [0.2, 0.25) is 0 Å². The number of ether oxygens (including phenoxy) is 1. The van der Waals surface area contributed by atoms with Crippen LogP contribution in [0.15, 0.2) is 67.0 Å². The van der Waals surface area contributed by atoms with E-state index in [4.69, 9.17) is 9.84 Å². The van der Waals surface area contributed by atoms with Crippen molar-refractivity contribution in [1.29, 1.82) is 0 Å². The lowest BCUT2D eigenvalue weighted by molar-refractivity contribution is 0.00914. The number of benzene rings is 2. The summed E-state index contributed by atoms with van der Waals surface area (Å²) < 4.78 is 7.74. The molecule has 1 aliphatic rings. The van der Waals surface area contributed by atoms with Gasteiger partial charge in [-0.1, -0.05) is 36.4 Å². The first-order chi connectivity index (χ1) is 15.8. The Hall–Kier alpha value is -3.67. The van der Waals surface area contributed by atoms with Gasteiger partial charge in [0.15, 0.2) is 0 Å². The van der Waals surface area contributed by atoms with Crippen LogP contribution in [-0.4, -0.2) is 37.4 Å². The van der Waals surface area contributed by atoms with Gasteiger partial charge >= 0.3 is 6.09 Å². The molecule has 0 unspecified atom stereocenters. The van der Waals surface area contributed by atoms with Gasteiger partial charge in [0.1, 0.15) is 11.3 Å². The van der Waals surface area contributed by atoms with Gasteiger partial charge in [-0.05, 0) is 62.2 Å². The molecule has 33 heavy (non-hydrogen) atoms. The number of hydrogen-bond acceptors (Lipinski definition) is 4. The average Bonchev–Trinajstić information content (AvgIpc) is 3.15. The Morgan fingerprint density at radius 3 is 2.45 bits per heavy atom. The topological polar surface area (TPSA) is 60.2 Å². The molecule has 0 fully saturated rings. The highest BCUT2D eigenvalue weighted by molar-refractivity contribution is 5.90. The van der Waals surface area contributed by atoms with Gasteiger partial charge in [-0.3, -0.25) is 14.6 Å². The summed E-state index contributed by atoms with van der Waals surface area (Å²) in [6.45, 7) is 8.77. The van der Waals surface area contributed by atoms with Crippen molar-refractivity contribution >= 4 is 16.9 Å². The van der Waals surface area contributed by atoms with Crippen LogP contribution in [0.4, 0.5) is 4.79 Å². The number of nitrogens with zero attached hydrogens (tertiary/aromatic N) is 4. The number of fused-ring (bicyclic) bond motifs is 2. The van der Waals surface area contributed by atoms with E-state index < -0.39 is 5.60 Å². The minimum atomic E-state index is -0.543. The zero-order valence-electron chi connectivity index (χ0n) is 19.4. The van der Waals surface area contributed by atoms with Crippen LogP contribution >= 0.6 is 0 Å². The first-order valence-electron chi connectivity index (χ1n) is 11.3. The molecule has 0 radical (unpaired) electrons. The zero-order valence-corrected chi connectivity index (χ0v) is 19.4. The predicted molar refractivity (Wildman–Crippen MR) is 130 cm³/mol. The summed E-state index contributed by atoms with van der Waals surface area (Å²) in [6.07, 6.45) is 3.29. The van der Waals surface area contributed by atoms with Gasteiger partial charge in [-0.15, -0.1) is 0 Å². The third-order valence-electron chi connectivity index (χ3n) is 5.97. The Morgan fingerprint density at radius 1 is 1.00 bits per heavy atom. The van der Waals surface area contributed by atoms with Crippen molar-refractivity contribution in [2.24, 2.45) is 0 Å². The summed E-state index contributed by atoms with van der Waals surface area (Å²) in [6, 6.07) is 18.7. The van der Waals surface area contributed by atoms with Crippen molar-refractivity contribution in [1.82, 2.24) is 19.7 Å². The van der Waals surface area contributed by atoms with Crippen molar-refractivity contribution in [2.75, 3.05) is 0 Å². The SMILES string of the molecule is C[C@@H]1Cn2nc(-c3ccc4ccccc4c3)c(-c3ccncc3)c2CN1C(=O)OC(C)(C)C. The van der Waals surface area contributed by atoms with E-state index in [-0.39, 0.29) is 12.1 Å². The highest BCUT2D eigenvalue weighted by Crippen LogP contribution is 2.38. The number of carbonyl (C=O) groups excluding carboxylic acids is 1.